The van der Waals surface area contributed by atoms with Crippen molar-refractivity contribution in [3.8, 4) is 0 Å². The van der Waals surface area contributed by atoms with Gasteiger partial charge in [-0.05, 0) is 26.2 Å². The Morgan fingerprint density at radius 3 is 2.64 bits per heavy atom. The first kappa shape index (κ1) is 11.2. The summed E-state index contributed by atoms with van der Waals surface area (Å²) in [7, 11) is 1.42. The Morgan fingerprint density at radius 1 is 1.50 bits per heavy atom. The van der Waals surface area contributed by atoms with Crippen LogP contribution in [-0.4, -0.2) is 25.3 Å². The smallest absolute Gasteiger partial charge is 0.308 e. The van der Waals surface area contributed by atoms with Crippen LogP contribution in [0.3, 0.4) is 0 Å². The minimum atomic E-state index is -0.230. The van der Waals surface area contributed by atoms with Crippen LogP contribution < -0.4 is 0 Å². The summed E-state index contributed by atoms with van der Waals surface area (Å²) in [5.74, 6) is -0.176. The molecule has 3 nitrogen and oxygen atoms in total. The van der Waals surface area contributed by atoms with Crippen molar-refractivity contribution in [3.63, 3.8) is 0 Å². The molecule has 0 spiro atoms. The number of methoxy groups -OCH3 is 1. The fourth-order valence-electron chi connectivity index (χ4n) is 1.60. The summed E-state index contributed by atoms with van der Waals surface area (Å²) in [6.07, 6.45) is 7.38. The average molecular weight is 198 g/mol. The van der Waals surface area contributed by atoms with Gasteiger partial charge in [0, 0.05) is 0 Å². The number of allylic oxidation sites excluding steroid dienone is 1. The lowest BCUT2D eigenvalue weighted by atomic mass is 9.77. The molecule has 0 radical (unpaired) electrons. The summed E-state index contributed by atoms with van der Waals surface area (Å²) in [6.45, 7) is 2.55. The van der Waals surface area contributed by atoms with E-state index in [1.54, 1.807) is 0 Å². The molecule has 0 atom stereocenters. The van der Waals surface area contributed by atoms with Crippen molar-refractivity contribution in [2.75, 3.05) is 13.7 Å². The van der Waals surface area contributed by atoms with Gasteiger partial charge in [0.2, 0.25) is 0 Å². The first-order valence-electron chi connectivity index (χ1n) is 5.04. The molecule has 0 amide bonds. The van der Waals surface area contributed by atoms with Gasteiger partial charge in [-0.3, -0.25) is 4.79 Å². The lowest BCUT2D eigenvalue weighted by molar-refractivity contribution is -0.155. The second-order valence-corrected chi connectivity index (χ2v) is 3.67. The molecule has 0 saturated heterocycles. The third-order valence-electron chi connectivity index (χ3n) is 2.68. The summed E-state index contributed by atoms with van der Waals surface area (Å²) in [5, 5.41) is 0. The van der Waals surface area contributed by atoms with Crippen LogP contribution in [0.4, 0.5) is 0 Å². The van der Waals surface area contributed by atoms with Crippen LogP contribution in [0.2, 0.25) is 0 Å². The largest absolute Gasteiger partial charge is 0.469 e. The zero-order chi connectivity index (χ0) is 10.4. The molecule has 1 rings (SSSR count). The van der Waals surface area contributed by atoms with Crippen molar-refractivity contribution in [1.82, 2.24) is 0 Å². The van der Waals surface area contributed by atoms with E-state index in [9.17, 15) is 4.79 Å². The van der Waals surface area contributed by atoms with E-state index < -0.39 is 0 Å². The zero-order valence-electron chi connectivity index (χ0n) is 8.91. The van der Waals surface area contributed by atoms with Crippen LogP contribution >= 0.6 is 0 Å². The highest BCUT2D eigenvalue weighted by atomic mass is 16.5. The Labute approximate surface area is 85.1 Å². The summed E-state index contributed by atoms with van der Waals surface area (Å²) >= 11 is 0. The number of esters is 1. The van der Waals surface area contributed by atoms with Gasteiger partial charge in [0.05, 0.1) is 25.7 Å². The van der Waals surface area contributed by atoms with E-state index in [0.717, 1.165) is 19.3 Å². The Balaban J connectivity index is 2.37. The van der Waals surface area contributed by atoms with Crippen LogP contribution in [0.15, 0.2) is 12.2 Å². The van der Waals surface area contributed by atoms with Gasteiger partial charge in [-0.15, -0.1) is 0 Å². The molecule has 14 heavy (non-hydrogen) atoms. The summed E-state index contributed by atoms with van der Waals surface area (Å²) in [4.78, 5) is 11.1. The molecule has 1 saturated carbocycles. The van der Waals surface area contributed by atoms with E-state index in [1.807, 2.05) is 19.1 Å². The first-order valence-corrected chi connectivity index (χ1v) is 5.04. The standard InChI is InChI=1S/C11H18O3/c1-3-4-8-14-11(6-5-7-11)9-10(12)13-2/h3-4H,5-9H2,1-2H3/b4-3+. The molecular weight excluding hydrogens is 180 g/mol. The molecule has 0 unspecified atom stereocenters. The summed E-state index contributed by atoms with van der Waals surface area (Å²) < 4.78 is 10.3. The molecule has 0 heterocycles. The molecule has 0 bridgehead atoms. The highest BCUT2D eigenvalue weighted by Crippen LogP contribution is 2.38. The molecule has 3 heteroatoms. The number of ether oxygens (including phenoxy) is 2. The van der Waals surface area contributed by atoms with Crippen molar-refractivity contribution in [2.45, 2.75) is 38.2 Å². The average Bonchev–Trinajstić information content (AvgIpc) is 2.14. The van der Waals surface area contributed by atoms with E-state index in [4.69, 9.17) is 4.74 Å². The van der Waals surface area contributed by atoms with Gasteiger partial charge in [0.1, 0.15) is 0 Å². The van der Waals surface area contributed by atoms with Gasteiger partial charge in [0.15, 0.2) is 0 Å². The Morgan fingerprint density at radius 2 is 2.21 bits per heavy atom. The fraction of sp³-hybridized carbons (Fsp3) is 0.727. The quantitative estimate of drug-likeness (QED) is 0.501. The van der Waals surface area contributed by atoms with Gasteiger partial charge < -0.3 is 9.47 Å². The van der Waals surface area contributed by atoms with E-state index in [0.29, 0.717) is 13.0 Å². The van der Waals surface area contributed by atoms with Crippen molar-refractivity contribution >= 4 is 5.97 Å². The van der Waals surface area contributed by atoms with Crippen molar-refractivity contribution < 1.29 is 14.3 Å². The molecule has 0 aromatic heterocycles. The lowest BCUT2D eigenvalue weighted by Gasteiger charge is -2.40. The van der Waals surface area contributed by atoms with Crippen molar-refractivity contribution in [2.24, 2.45) is 0 Å². The number of carbonyl (C=O) groups is 1. The van der Waals surface area contributed by atoms with Gasteiger partial charge >= 0.3 is 5.97 Å². The molecule has 1 aliphatic rings. The highest BCUT2D eigenvalue weighted by Gasteiger charge is 2.40. The Kier molecular flexibility index (Phi) is 4.14. The molecule has 0 aromatic rings. The van der Waals surface area contributed by atoms with Gasteiger partial charge in [-0.1, -0.05) is 12.2 Å². The first-order chi connectivity index (χ1) is 6.72. The fourth-order valence-corrected chi connectivity index (χ4v) is 1.60. The number of carbonyl (C=O) groups excluding carboxylic acids is 1. The summed E-state index contributed by atoms with van der Waals surface area (Å²) in [5.41, 5.74) is -0.230. The maximum Gasteiger partial charge on any atom is 0.308 e. The minimum absolute atomic E-state index is 0.176. The third kappa shape index (κ3) is 2.84. The molecule has 80 valence electrons. The molecule has 0 N–H and O–H groups in total. The molecule has 0 aromatic carbocycles. The second-order valence-electron chi connectivity index (χ2n) is 3.67. The van der Waals surface area contributed by atoms with Crippen LogP contribution in [0.5, 0.6) is 0 Å². The zero-order valence-corrected chi connectivity index (χ0v) is 8.91. The SMILES string of the molecule is C/C=C/COC1(CC(=O)OC)CCC1. The van der Waals surface area contributed by atoms with E-state index in [2.05, 4.69) is 4.74 Å². The normalized spacial score (nSPS) is 19.3. The van der Waals surface area contributed by atoms with Crippen LogP contribution in [0.1, 0.15) is 32.6 Å². The molecular formula is C11H18O3. The van der Waals surface area contributed by atoms with Crippen molar-refractivity contribution in [1.29, 1.82) is 0 Å². The van der Waals surface area contributed by atoms with Crippen molar-refractivity contribution in [3.05, 3.63) is 12.2 Å². The van der Waals surface area contributed by atoms with Gasteiger partial charge in [-0.25, -0.2) is 0 Å². The third-order valence-corrected chi connectivity index (χ3v) is 2.68. The van der Waals surface area contributed by atoms with E-state index >= 15 is 0 Å². The number of hydrogen-bond acceptors (Lipinski definition) is 3. The van der Waals surface area contributed by atoms with Crippen LogP contribution in [0.25, 0.3) is 0 Å². The van der Waals surface area contributed by atoms with Crippen LogP contribution in [0, 0.1) is 0 Å². The lowest BCUT2D eigenvalue weighted by Crippen LogP contribution is -2.42. The molecule has 1 aliphatic carbocycles. The Hall–Kier alpha value is -0.830. The molecule has 1 fully saturated rings. The van der Waals surface area contributed by atoms with Gasteiger partial charge in [0.25, 0.3) is 0 Å². The maximum atomic E-state index is 11.1. The second kappa shape index (κ2) is 5.15. The topological polar surface area (TPSA) is 35.5 Å². The van der Waals surface area contributed by atoms with Gasteiger partial charge in [-0.2, -0.15) is 0 Å². The Bertz CT molecular complexity index is 217. The highest BCUT2D eigenvalue weighted by molar-refractivity contribution is 5.70. The summed E-state index contributed by atoms with van der Waals surface area (Å²) in [6, 6.07) is 0. The predicted octanol–water partition coefficient (Wildman–Crippen LogP) is 2.06. The number of hydrogen-bond donors (Lipinski definition) is 0. The number of rotatable bonds is 5. The minimum Gasteiger partial charge on any atom is -0.469 e. The molecule has 0 aliphatic heterocycles. The predicted molar refractivity (Wildman–Crippen MR) is 54.0 cm³/mol. The van der Waals surface area contributed by atoms with E-state index in [1.165, 1.54) is 7.11 Å². The van der Waals surface area contributed by atoms with E-state index in [-0.39, 0.29) is 11.6 Å². The monoisotopic (exact) mass is 198 g/mol. The maximum absolute atomic E-state index is 11.1. The van der Waals surface area contributed by atoms with Crippen LogP contribution in [-0.2, 0) is 14.3 Å².